The summed E-state index contributed by atoms with van der Waals surface area (Å²) >= 11 is 0. The van der Waals surface area contributed by atoms with Crippen molar-refractivity contribution in [2.24, 2.45) is 5.92 Å². The first-order valence-corrected chi connectivity index (χ1v) is 12.0. The molecule has 1 aromatic carbocycles. The normalized spacial score (nSPS) is 18.6. The molecule has 0 radical (unpaired) electrons. The van der Waals surface area contributed by atoms with E-state index in [9.17, 15) is 14.7 Å². The highest BCUT2D eigenvalue weighted by Gasteiger charge is 2.28. The number of unbranched alkanes of at least 4 members (excludes halogenated alkanes) is 3. The van der Waals surface area contributed by atoms with Crippen LogP contribution in [0.4, 0.5) is 0 Å². The van der Waals surface area contributed by atoms with Crippen LogP contribution in [-0.4, -0.2) is 45.7 Å². The van der Waals surface area contributed by atoms with Gasteiger partial charge in [0.15, 0.2) is 0 Å². The van der Waals surface area contributed by atoms with Crippen LogP contribution >= 0.6 is 0 Å². The van der Waals surface area contributed by atoms with Gasteiger partial charge in [0.05, 0.1) is 12.1 Å². The Hall–Kier alpha value is -2.40. The van der Waals surface area contributed by atoms with E-state index in [1.807, 2.05) is 35.3 Å². The lowest BCUT2D eigenvalue weighted by Gasteiger charge is -2.22. The average molecular weight is 442 g/mol. The van der Waals surface area contributed by atoms with Gasteiger partial charge in [0.25, 0.3) is 0 Å². The fourth-order valence-corrected chi connectivity index (χ4v) is 4.09. The molecule has 3 atom stereocenters. The number of hydrogen-bond donors (Lipinski definition) is 2. The molecule has 5 heteroatoms. The number of aryl methyl sites for hydroxylation is 1. The van der Waals surface area contributed by atoms with Crippen LogP contribution in [0.15, 0.2) is 54.6 Å². The summed E-state index contributed by atoms with van der Waals surface area (Å²) in [6.45, 7) is 2.62. The summed E-state index contributed by atoms with van der Waals surface area (Å²) in [7, 11) is 0. The zero-order chi connectivity index (χ0) is 23.2. The van der Waals surface area contributed by atoms with E-state index in [4.69, 9.17) is 5.11 Å². The van der Waals surface area contributed by atoms with Gasteiger partial charge in [0, 0.05) is 19.4 Å². The molecule has 32 heavy (non-hydrogen) atoms. The van der Waals surface area contributed by atoms with Crippen molar-refractivity contribution in [1.82, 2.24) is 4.90 Å². The number of rotatable bonds is 15. The SMILES string of the molecule is C[C@@H](CCCCCc1ccccc1)[C@H](O)/C=C/[C@H]1CCC(=O)N1C/C=C\CCCC(=O)O. The molecule has 2 rings (SSSR count). The molecule has 2 N–H and O–H groups in total. The third-order valence-electron chi connectivity index (χ3n) is 6.19. The number of carboxylic acid groups (broad SMARTS) is 1. The maximum absolute atomic E-state index is 12.2. The maximum Gasteiger partial charge on any atom is 0.303 e. The Balaban J connectivity index is 1.67. The monoisotopic (exact) mass is 441 g/mol. The minimum Gasteiger partial charge on any atom is -0.481 e. The second kappa shape index (κ2) is 14.6. The number of allylic oxidation sites excluding steroid dienone is 1. The van der Waals surface area contributed by atoms with Crippen molar-refractivity contribution >= 4 is 11.9 Å². The molecule has 1 fully saturated rings. The highest BCUT2D eigenvalue weighted by molar-refractivity contribution is 5.79. The van der Waals surface area contributed by atoms with Crippen molar-refractivity contribution in [3.8, 4) is 0 Å². The lowest BCUT2D eigenvalue weighted by molar-refractivity contribution is -0.137. The molecule has 5 nitrogen and oxygen atoms in total. The lowest BCUT2D eigenvalue weighted by atomic mass is 9.95. The van der Waals surface area contributed by atoms with Crippen LogP contribution in [0, 0.1) is 5.92 Å². The molecule has 1 heterocycles. The van der Waals surface area contributed by atoms with Gasteiger partial charge in [0.2, 0.25) is 5.91 Å². The quantitative estimate of drug-likeness (QED) is 0.292. The molecule has 0 saturated carbocycles. The number of carbonyl (C=O) groups excluding carboxylic acids is 1. The number of hydrogen-bond acceptors (Lipinski definition) is 3. The van der Waals surface area contributed by atoms with Crippen molar-refractivity contribution in [1.29, 1.82) is 0 Å². The molecule has 0 spiro atoms. The van der Waals surface area contributed by atoms with Gasteiger partial charge in [-0.1, -0.05) is 74.4 Å². The summed E-state index contributed by atoms with van der Waals surface area (Å²) in [6, 6.07) is 10.6. The number of aliphatic hydroxyl groups excluding tert-OH is 1. The molecule has 176 valence electrons. The Morgan fingerprint density at radius 3 is 2.69 bits per heavy atom. The van der Waals surface area contributed by atoms with Gasteiger partial charge in [-0.3, -0.25) is 9.59 Å². The topological polar surface area (TPSA) is 77.8 Å². The summed E-state index contributed by atoms with van der Waals surface area (Å²) in [4.78, 5) is 24.6. The predicted octanol–water partition coefficient (Wildman–Crippen LogP) is 5.14. The Kier molecular flexibility index (Phi) is 11.8. The molecule has 0 aromatic heterocycles. The molecule has 0 aliphatic carbocycles. The van der Waals surface area contributed by atoms with E-state index in [0.717, 1.165) is 25.7 Å². The van der Waals surface area contributed by atoms with Crippen LogP contribution in [0.1, 0.15) is 70.3 Å². The fourth-order valence-electron chi connectivity index (χ4n) is 4.09. The molecule has 1 saturated heterocycles. The van der Waals surface area contributed by atoms with Crippen molar-refractivity contribution in [3.63, 3.8) is 0 Å². The van der Waals surface area contributed by atoms with E-state index in [1.54, 1.807) is 0 Å². The third kappa shape index (κ3) is 9.82. The van der Waals surface area contributed by atoms with Crippen LogP contribution in [0.3, 0.4) is 0 Å². The summed E-state index contributed by atoms with van der Waals surface area (Å²) in [5.74, 6) is -0.447. The highest BCUT2D eigenvalue weighted by Crippen LogP contribution is 2.21. The smallest absolute Gasteiger partial charge is 0.303 e. The zero-order valence-electron chi connectivity index (χ0n) is 19.4. The van der Waals surface area contributed by atoms with Crippen molar-refractivity contribution in [3.05, 3.63) is 60.2 Å². The van der Waals surface area contributed by atoms with Crippen LogP contribution in [0.25, 0.3) is 0 Å². The average Bonchev–Trinajstić information content (AvgIpc) is 3.13. The summed E-state index contributed by atoms with van der Waals surface area (Å²) < 4.78 is 0. The molecule has 0 bridgehead atoms. The number of nitrogens with zero attached hydrogens (tertiary/aromatic N) is 1. The van der Waals surface area contributed by atoms with Gasteiger partial charge < -0.3 is 15.1 Å². The van der Waals surface area contributed by atoms with Crippen molar-refractivity contribution in [2.75, 3.05) is 6.54 Å². The van der Waals surface area contributed by atoms with Gasteiger partial charge in [-0.25, -0.2) is 0 Å². The number of carboxylic acids is 1. The Morgan fingerprint density at radius 1 is 1.16 bits per heavy atom. The number of aliphatic carboxylic acids is 1. The minimum atomic E-state index is -0.779. The first-order valence-electron chi connectivity index (χ1n) is 12.0. The lowest BCUT2D eigenvalue weighted by Crippen LogP contribution is -2.32. The predicted molar refractivity (Wildman–Crippen MR) is 128 cm³/mol. The fraction of sp³-hybridized carbons (Fsp3) is 0.556. The van der Waals surface area contributed by atoms with Crippen LogP contribution in [0.2, 0.25) is 0 Å². The number of likely N-dealkylation sites (tertiary alicyclic amines) is 1. The second-order valence-electron chi connectivity index (χ2n) is 8.85. The van der Waals surface area contributed by atoms with E-state index in [-0.39, 0.29) is 24.3 Å². The zero-order valence-corrected chi connectivity index (χ0v) is 19.4. The van der Waals surface area contributed by atoms with Crippen LogP contribution in [-0.2, 0) is 16.0 Å². The molecular formula is C27H39NO4. The maximum atomic E-state index is 12.2. The van der Waals surface area contributed by atoms with E-state index >= 15 is 0 Å². The number of amides is 1. The summed E-state index contributed by atoms with van der Waals surface area (Å²) in [5, 5.41) is 19.2. The van der Waals surface area contributed by atoms with Gasteiger partial charge in [-0.2, -0.15) is 0 Å². The Labute approximate surface area is 192 Å². The molecular weight excluding hydrogens is 402 g/mol. The Morgan fingerprint density at radius 2 is 1.94 bits per heavy atom. The minimum absolute atomic E-state index is 0.0268. The number of benzene rings is 1. The molecule has 1 amide bonds. The largest absolute Gasteiger partial charge is 0.481 e. The number of carbonyl (C=O) groups is 2. The summed E-state index contributed by atoms with van der Waals surface area (Å²) in [6.07, 6.45) is 15.6. The van der Waals surface area contributed by atoms with E-state index in [0.29, 0.717) is 25.8 Å². The molecule has 1 aliphatic rings. The van der Waals surface area contributed by atoms with E-state index < -0.39 is 12.1 Å². The molecule has 1 aromatic rings. The van der Waals surface area contributed by atoms with Crippen LogP contribution < -0.4 is 0 Å². The first kappa shape index (κ1) is 25.9. The second-order valence-corrected chi connectivity index (χ2v) is 8.85. The standard InChI is InChI=1S/C27H39NO4/c1-22(12-6-4-7-13-23-14-8-5-9-15-23)25(29)19-17-24-18-20-26(30)28(24)21-11-3-2-10-16-27(31)32/h3,5,8-9,11,14-15,17,19,22,24-25,29H,2,4,6-7,10,12-13,16,18,20-21H2,1H3,(H,31,32)/b11-3-,19-17+/t22-,24-,25+/m0/s1. The third-order valence-corrected chi connectivity index (χ3v) is 6.19. The first-order chi connectivity index (χ1) is 15.5. The highest BCUT2D eigenvalue weighted by atomic mass is 16.4. The van der Waals surface area contributed by atoms with E-state index in [1.165, 1.54) is 18.4 Å². The van der Waals surface area contributed by atoms with Gasteiger partial charge in [-0.05, 0) is 50.0 Å². The number of aliphatic hydroxyl groups is 1. The summed E-state index contributed by atoms with van der Waals surface area (Å²) in [5.41, 5.74) is 1.38. The Bertz CT molecular complexity index is 743. The van der Waals surface area contributed by atoms with E-state index in [2.05, 4.69) is 31.2 Å². The van der Waals surface area contributed by atoms with Crippen molar-refractivity contribution < 1.29 is 19.8 Å². The van der Waals surface area contributed by atoms with Crippen LogP contribution in [0.5, 0.6) is 0 Å². The van der Waals surface area contributed by atoms with Gasteiger partial charge >= 0.3 is 5.97 Å². The van der Waals surface area contributed by atoms with Crippen molar-refractivity contribution in [2.45, 2.75) is 83.3 Å². The van der Waals surface area contributed by atoms with Gasteiger partial charge in [0.1, 0.15) is 0 Å². The van der Waals surface area contributed by atoms with Gasteiger partial charge in [-0.15, -0.1) is 0 Å². The molecule has 1 aliphatic heterocycles. The molecule has 0 unspecified atom stereocenters.